The van der Waals surface area contributed by atoms with E-state index in [1.807, 2.05) is 0 Å². The number of hydrogen-bond donors (Lipinski definition) is 2. The zero-order valence-electron chi connectivity index (χ0n) is 7.48. The number of carbonyl (C=O) groups is 2. The van der Waals surface area contributed by atoms with E-state index in [2.05, 4.69) is 0 Å². The van der Waals surface area contributed by atoms with Gasteiger partial charge in [0.25, 0.3) is 0 Å². The SMILES string of the molecule is O=C(O)/C(Cl)=C(\C(=O)O)c1ccccc1. The molecule has 2 N–H and O–H groups in total. The summed E-state index contributed by atoms with van der Waals surface area (Å²) in [5, 5.41) is 16.7. The van der Waals surface area contributed by atoms with Crippen LogP contribution in [0.5, 0.6) is 0 Å². The fourth-order valence-electron chi connectivity index (χ4n) is 1.06. The third-order valence-electron chi connectivity index (χ3n) is 1.68. The van der Waals surface area contributed by atoms with Crippen LogP contribution < -0.4 is 0 Å². The van der Waals surface area contributed by atoms with Crippen molar-refractivity contribution >= 4 is 29.1 Å². The molecule has 0 radical (unpaired) electrons. The van der Waals surface area contributed by atoms with E-state index in [-0.39, 0.29) is 5.56 Å². The first-order chi connectivity index (χ1) is 7.04. The van der Waals surface area contributed by atoms with Crippen molar-refractivity contribution < 1.29 is 19.8 Å². The average Bonchev–Trinajstić information content (AvgIpc) is 2.18. The zero-order chi connectivity index (χ0) is 11.4. The van der Waals surface area contributed by atoms with Crippen LogP contribution in [0.25, 0.3) is 5.57 Å². The molecule has 0 amide bonds. The molecule has 1 rings (SSSR count). The first-order valence-corrected chi connectivity index (χ1v) is 4.33. The molecule has 4 nitrogen and oxygen atoms in total. The van der Waals surface area contributed by atoms with Gasteiger partial charge in [0.05, 0.1) is 5.57 Å². The molecule has 0 aliphatic carbocycles. The quantitative estimate of drug-likeness (QED) is 0.771. The summed E-state index contributed by atoms with van der Waals surface area (Å²) in [4.78, 5) is 21.4. The summed E-state index contributed by atoms with van der Waals surface area (Å²) < 4.78 is 0. The van der Waals surface area contributed by atoms with Crippen LogP contribution in [-0.2, 0) is 9.59 Å². The van der Waals surface area contributed by atoms with Gasteiger partial charge < -0.3 is 10.2 Å². The molecular weight excluding hydrogens is 220 g/mol. The largest absolute Gasteiger partial charge is 0.478 e. The second kappa shape index (κ2) is 4.61. The summed E-state index contributed by atoms with van der Waals surface area (Å²) in [7, 11) is 0. The van der Waals surface area contributed by atoms with Crippen molar-refractivity contribution in [1.82, 2.24) is 0 Å². The Hall–Kier alpha value is -1.81. The molecule has 0 saturated carbocycles. The van der Waals surface area contributed by atoms with Gasteiger partial charge in [-0.3, -0.25) is 0 Å². The van der Waals surface area contributed by atoms with Crippen molar-refractivity contribution in [2.45, 2.75) is 0 Å². The molecule has 0 saturated heterocycles. The number of carboxylic acid groups (broad SMARTS) is 2. The summed E-state index contributed by atoms with van der Waals surface area (Å²) in [5.41, 5.74) is -0.151. The third-order valence-corrected chi connectivity index (χ3v) is 2.03. The van der Waals surface area contributed by atoms with Crippen LogP contribution in [0.2, 0.25) is 0 Å². The summed E-state index contributed by atoms with van der Waals surface area (Å²) >= 11 is 5.41. The molecule has 0 aliphatic heterocycles. The molecule has 0 heterocycles. The Morgan fingerprint density at radius 2 is 1.53 bits per heavy atom. The molecule has 15 heavy (non-hydrogen) atoms. The van der Waals surface area contributed by atoms with Crippen LogP contribution in [0.3, 0.4) is 0 Å². The Morgan fingerprint density at radius 3 is 1.93 bits per heavy atom. The van der Waals surface area contributed by atoms with Gasteiger partial charge in [-0.1, -0.05) is 41.9 Å². The Balaban J connectivity index is 3.34. The third kappa shape index (κ3) is 2.57. The number of rotatable bonds is 3. The van der Waals surface area contributed by atoms with E-state index in [9.17, 15) is 9.59 Å². The molecule has 1 aromatic carbocycles. The number of benzene rings is 1. The van der Waals surface area contributed by atoms with Gasteiger partial charge in [0.1, 0.15) is 5.03 Å². The summed E-state index contributed by atoms with van der Waals surface area (Å²) in [5.74, 6) is -2.83. The number of carboxylic acids is 2. The number of aliphatic carboxylic acids is 2. The van der Waals surface area contributed by atoms with Gasteiger partial charge in [0.15, 0.2) is 0 Å². The minimum absolute atomic E-state index is 0.261. The van der Waals surface area contributed by atoms with Crippen molar-refractivity contribution in [1.29, 1.82) is 0 Å². The molecule has 1 aromatic rings. The maximum absolute atomic E-state index is 10.8. The molecule has 0 atom stereocenters. The van der Waals surface area contributed by atoms with Gasteiger partial charge in [-0.15, -0.1) is 0 Å². The average molecular weight is 227 g/mol. The summed E-state index contributed by atoms with van der Waals surface area (Å²) in [6, 6.07) is 7.86. The van der Waals surface area contributed by atoms with E-state index < -0.39 is 22.5 Å². The zero-order valence-corrected chi connectivity index (χ0v) is 8.23. The standard InChI is InChI=1S/C10H7ClO4/c11-8(10(14)15)7(9(12)13)6-4-2-1-3-5-6/h1-5H,(H,12,13)(H,14,15)/b8-7+. The smallest absolute Gasteiger partial charge is 0.348 e. The van der Waals surface area contributed by atoms with Crippen LogP contribution in [0.1, 0.15) is 5.56 Å². The molecule has 0 aromatic heterocycles. The molecular formula is C10H7ClO4. The Kier molecular flexibility index (Phi) is 3.46. The van der Waals surface area contributed by atoms with E-state index in [1.54, 1.807) is 18.2 Å². The lowest BCUT2D eigenvalue weighted by Gasteiger charge is -2.03. The second-order valence-electron chi connectivity index (χ2n) is 2.67. The minimum Gasteiger partial charge on any atom is -0.478 e. The molecule has 78 valence electrons. The van der Waals surface area contributed by atoms with Gasteiger partial charge in [0.2, 0.25) is 0 Å². The maximum Gasteiger partial charge on any atom is 0.348 e. The summed E-state index contributed by atoms with van der Waals surface area (Å²) in [6.07, 6.45) is 0. The van der Waals surface area contributed by atoms with Crippen LogP contribution in [0.4, 0.5) is 0 Å². The van der Waals surface area contributed by atoms with Crippen LogP contribution in [0, 0.1) is 0 Å². The highest BCUT2D eigenvalue weighted by atomic mass is 35.5. The number of hydrogen-bond acceptors (Lipinski definition) is 2. The van der Waals surface area contributed by atoms with Gasteiger partial charge in [-0.05, 0) is 5.56 Å². The van der Waals surface area contributed by atoms with E-state index in [1.165, 1.54) is 12.1 Å². The Morgan fingerprint density at radius 1 is 1.00 bits per heavy atom. The van der Waals surface area contributed by atoms with Gasteiger partial charge in [-0.25, -0.2) is 9.59 Å². The highest BCUT2D eigenvalue weighted by molar-refractivity contribution is 6.48. The van der Waals surface area contributed by atoms with Gasteiger partial charge in [0, 0.05) is 0 Å². The minimum atomic E-state index is -1.46. The molecule has 0 spiro atoms. The maximum atomic E-state index is 10.8. The van der Waals surface area contributed by atoms with Crippen LogP contribution >= 0.6 is 11.6 Å². The fourth-order valence-corrected chi connectivity index (χ4v) is 1.25. The molecule has 0 aliphatic rings. The van der Waals surface area contributed by atoms with Crippen LogP contribution in [0.15, 0.2) is 35.4 Å². The molecule has 0 unspecified atom stereocenters. The first-order valence-electron chi connectivity index (χ1n) is 3.96. The fraction of sp³-hybridized carbons (Fsp3) is 0. The molecule has 0 fully saturated rings. The lowest BCUT2D eigenvalue weighted by Crippen LogP contribution is -2.06. The monoisotopic (exact) mass is 226 g/mol. The number of halogens is 1. The van der Waals surface area contributed by atoms with Crippen molar-refractivity contribution in [2.75, 3.05) is 0 Å². The predicted octanol–water partition coefficient (Wildman–Crippen LogP) is 1.81. The normalized spacial score (nSPS) is 11.8. The van der Waals surface area contributed by atoms with E-state index in [0.29, 0.717) is 0 Å². The lowest BCUT2D eigenvalue weighted by atomic mass is 10.1. The topological polar surface area (TPSA) is 74.6 Å². The molecule has 5 heteroatoms. The van der Waals surface area contributed by atoms with E-state index in [4.69, 9.17) is 21.8 Å². The van der Waals surface area contributed by atoms with Gasteiger partial charge >= 0.3 is 11.9 Å². The van der Waals surface area contributed by atoms with E-state index >= 15 is 0 Å². The lowest BCUT2D eigenvalue weighted by molar-refractivity contribution is -0.133. The highest BCUT2D eigenvalue weighted by Crippen LogP contribution is 2.21. The highest BCUT2D eigenvalue weighted by Gasteiger charge is 2.19. The van der Waals surface area contributed by atoms with Gasteiger partial charge in [-0.2, -0.15) is 0 Å². The van der Waals surface area contributed by atoms with Crippen molar-refractivity contribution in [3.05, 3.63) is 40.9 Å². The Labute approximate surface area is 90.4 Å². The molecule has 0 bridgehead atoms. The van der Waals surface area contributed by atoms with Crippen LogP contribution in [-0.4, -0.2) is 22.2 Å². The van der Waals surface area contributed by atoms with Crippen molar-refractivity contribution in [3.8, 4) is 0 Å². The van der Waals surface area contributed by atoms with E-state index in [0.717, 1.165) is 0 Å². The predicted molar refractivity (Wildman–Crippen MR) is 54.5 cm³/mol. The second-order valence-corrected chi connectivity index (χ2v) is 3.04. The first kappa shape index (κ1) is 11.3. The van der Waals surface area contributed by atoms with Crippen molar-refractivity contribution in [2.24, 2.45) is 0 Å². The summed E-state index contributed by atoms with van der Waals surface area (Å²) in [6.45, 7) is 0. The van der Waals surface area contributed by atoms with Crippen molar-refractivity contribution in [3.63, 3.8) is 0 Å². The Bertz CT molecular complexity index is 422.